The van der Waals surface area contributed by atoms with E-state index in [4.69, 9.17) is 11.6 Å². The summed E-state index contributed by atoms with van der Waals surface area (Å²) in [5, 5.41) is 0.820. The topological polar surface area (TPSA) is 0 Å². The first-order chi connectivity index (χ1) is 5.20. The Labute approximate surface area is 74.3 Å². The zero-order valence-corrected chi connectivity index (χ0v) is 8.15. The Morgan fingerprint density at radius 2 is 2.00 bits per heavy atom. The van der Waals surface area contributed by atoms with Gasteiger partial charge in [0.2, 0.25) is 0 Å². The van der Waals surface area contributed by atoms with E-state index in [0.717, 1.165) is 11.5 Å². The monoisotopic (exact) mass is 170 g/mol. The van der Waals surface area contributed by atoms with E-state index in [9.17, 15) is 0 Å². The van der Waals surface area contributed by atoms with Gasteiger partial charge in [0.25, 0.3) is 0 Å². The minimum atomic E-state index is 0.820. The van der Waals surface area contributed by atoms with Crippen molar-refractivity contribution in [2.45, 2.75) is 27.2 Å². The Bertz CT molecular complexity index is 181. The Balaban J connectivity index is 4.24. The number of hydrogen-bond acceptors (Lipinski definition) is 0. The third-order valence-corrected chi connectivity index (χ3v) is 1.44. The van der Waals surface area contributed by atoms with E-state index >= 15 is 0 Å². The average molecular weight is 171 g/mol. The molecule has 0 bridgehead atoms. The van der Waals surface area contributed by atoms with Gasteiger partial charge in [0, 0.05) is 5.03 Å². The first-order valence-corrected chi connectivity index (χ1v) is 4.24. The number of hydrogen-bond donors (Lipinski definition) is 0. The number of halogens is 1. The maximum Gasteiger partial charge on any atom is 0.0150 e. The first kappa shape index (κ1) is 10.5. The highest BCUT2D eigenvalue weighted by molar-refractivity contribution is 6.29. The first-order valence-electron chi connectivity index (χ1n) is 3.86. The molecule has 0 aliphatic carbocycles. The number of rotatable bonds is 3. The normalized spacial score (nSPS) is 14.5. The van der Waals surface area contributed by atoms with E-state index in [1.165, 1.54) is 5.57 Å². The molecule has 0 amide bonds. The van der Waals surface area contributed by atoms with Crippen LogP contribution in [0.25, 0.3) is 0 Å². The molecule has 0 radical (unpaired) electrons. The molecule has 11 heavy (non-hydrogen) atoms. The standard InChI is InChI=1S/C10H15Cl/c1-4-6-10(5-2)8-7-9(3)11/h4,6-8H,5H2,1-3H3/b6-4-,9-7+,10-8-. The van der Waals surface area contributed by atoms with Gasteiger partial charge >= 0.3 is 0 Å². The van der Waals surface area contributed by atoms with Gasteiger partial charge in [-0.3, -0.25) is 0 Å². The highest BCUT2D eigenvalue weighted by Gasteiger charge is 1.83. The van der Waals surface area contributed by atoms with Crippen molar-refractivity contribution in [2.24, 2.45) is 0 Å². The predicted octanol–water partition coefficient (Wildman–Crippen LogP) is 4.04. The molecule has 0 aromatic carbocycles. The summed E-state index contributed by atoms with van der Waals surface area (Å²) in [6, 6.07) is 0. The van der Waals surface area contributed by atoms with Crippen molar-refractivity contribution in [1.82, 2.24) is 0 Å². The maximum absolute atomic E-state index is 5.67. The fourth-order valence-corrected chi connectivity index (χ4v) is 0.790. The van der Waals surface area contributed by atoms with Crippen LogP contribution in [0.1, 0.15) is 27.2 Å². The van der Waals surface area contributed by atoms with Crippen LogP contribution in [0.15, 0.2) is 34.9 Å². The maximum atomic E-state index is 5.67. The van der Waals surface area contributed by atoms with E-state index in [1.807, 2.05) is 32.1 Å². The van der Waals surface area contributed by atoms with Gasteiger partial charge in [0.1, 0.15) is 0 Å². The van der Waals surface area contributed by atoms with Crippen molar-refractivity contribution < 1.29 is 0 Å². The van der Waals surface area contributed by atoms with Gasteiger partial charge in [-0.25, -0.2) is 0 Å². The van der Waals surface area contributed by atoms with Gasteiger partial charge < -0.3 is 0 Å². The van der Waals surface area contributed by atoms with Crippen molar-refractivity contribution in [1.29, 1.82) is 0 Å². The van der Waals surface area contributed by atoms with E-state index < -0.39 is 0 Å². The average Bonchev–Trinajstić information content (AvgIpc) is 1.97. The predicted molar refractivity (Wildman–Crippen MR) is 52.8 cm³/mol. The molecule has 0 aromatic heterocycles. The van der Waals surface area contributed by atoms with E-state index in [-0.39, 0.29) is 0 Å². The summed E-state index contributed by atoms with van der Waals surface area (Å²) in [5.74, 6) is 0. The molecule has 0 fully saturated rings. The fraction of sp³-hybridized carbons (Fsp3) is 0.400. The SMILES string of the molecule is C\C=C/C(=C\C=C(/C)Cl)CC. The van der Waals surface area contributed by atoms with E-state index in [0.29, 0.717) is 0 Å². The molecule has 1 heteroatoms. The highest BCUT2D eigenvalue weighted by Crippen LogP contribution is 2.05. The largest absolute Gasteiger partial charge is 0.0895 e. The molecular weight excluding hydrogens is 156 g/mol. The summed E-state index contributed by atoms with van der Waals surface area (Å²) in [6.45, 7) is 6.02. The van der Waals surface area contributed by atoms with Crippen molar-refractivity contribution in [3.63, 3.8) is 0 Å². The van der Waals surface area contributed by atoms with Crippen LogP contribution in [0.5, 0.6) is 0 Å². The van der Waals surface area contributed by atoms with Crippen LogP contribution in [0.3, 0.4) is 0 Å². The minimum Gasteiger partial charge on any atom is -0.0895 e. The molecule has 0 heterocycles. The molecular formula is C10H15Cl. The van der Waals surface area contributed by atoms with Crippen LogP contribution in [0, 0.1) is 0 Å². The second-order valence-electron chi connectivity index (χ2n) is 2.35. The van der Waals surface area contributed by atoms with Gasteiger partial charge in [-0.15, -0.1) is 0 Å². The Kier molecular flexibility index (Phi) is 5.96. The third-order valence-electron chi connectivity index (χ3n) is 1.32. The molecule has 62 valence electrons. The molecule has 0 spiro atoms. The third kappa shape index (κ3) is 5.93. The number of allylic oxidation sites excluding steroid dienone is 6. The Hall–Kier alpha value is -0.490. The molecule has 0 nitrogen and oxygen atoms in total. The summed E-state index contributed by atoms with van der Waals surface area (Å²) in [4.78, 5) is 0. The van der Waals surface area contributed by atoms with Gasteiger partial charge in [0.15, 0.2) is 0 Å². The molecule has 0 aliphatic rings. The van der Waals surface area contributed by atoms with Gasteiger partial charge in [0.05, 0.1) is 0 Å². The minimum absolute atomic E-state index is 0.820. The van der Waals surface area contributed by atoms with Crippen LogP contribution in [0.4, 0.5) is 0 Å². The zero-order valence-electron chi connectivity index (χ0n) is 7.39. The summed E-state index contributed by atoms with van der Waals surface area (Å²) in [6.07, 6.45) is 9.14. The molecule has 0 aliphatic heterocycles. The molecule has 0 rings (SSSR count). The van der Waals surface area contributed by atoms with E-state index in [1.54, 1.807) is 0 Å². The van der Waals surface area contributed by atoms with Crippen molar-refractivity contribution in [3.05, 3.63) is 34.9 Å². The van der Waals surface area contributed by atoms with Crippen LogP contribution >= 0.6 is 11.6 Å². The summed E-state index contributed by atoms with van der Waals surface area (Å²) in [7, 11) is 0. The Morgan fingerprint density at radius 1 is 1.36 bits per heavy atom. The van der Waals surface area contributed by atoms with Crippen molar-refractivity contribution in [2.75, 3.05) is 0 Å². The zero-order chi connectivity index (χ0) is 8.69. The van der Waals surface area contributed by atoms with Crippen LogP contribution in [-0.4, -0.2) is 0 Å². The lowest BCUT2D eigenvalue weighted by Gasteiger charge is -1.92. The van der Waals surface area contributed by atoms with Crippen molar-refractivity contribution >= 4 is 11.6 Å². The Morgan fingerprint density at radius 3 is 2.36 bits per heavy atom. The van der Waals surface area contributed by atoms with Gasteiger partial charge in [-0.05, 0) is 31.9 Å². The second-order valence-corrected chi connectivity index (χ2v) is 2.94. The lowest BCUT2D eigenvalue weighted by molar-refractivity contribution is 1.15. The molecule has 0 saturated carbocycles. The molecule has 0 atom stereocenters. The van der Waals surface area contributed by atoms with E-state index in [2.05, 4.69) is 13.0 Å². The summed E-state index contributed by atoms with van der Waals surface area (Å²) >= 11 is 5.67. The molecule has 0 unspecified atom stereocenters. The quantitative estimate of drug-likeness (QED) is 0.561. The van der Waals surface area contributed by atoms with Gasteiger partial charge in [-0.1, -0.05) is 36.8 Å². The summed E-state index contributed by atoms with van der Waals surface area (Å²) < 4.78 is 0. The molecule has 0 aromatic rings. The van der Waals surface area contributed by atoms with Crippen LogP contribution in [0.2, 0.25) is 0 Å². The lowest BCUT2D eigenvalue weighted by atomic mass is 10.2. The molecule has 0 saturated heterocycles. The van der Waals surface area contributed by atoms with Gasteiger partial charge in [-0.2, -0.15) is 0 Å². The highest BCUT2D eigenvalue weighted by atomic mass is 35.5. The second kappa shape index (κ2) is 6.23. The smallest absolute Gasteiger partial charge is 0.0150 e. The van der Waals surface area contributed by atoms with Crippen molar-refractivity contribution in [3.8, 4) is 0 Å². The van der Waals surface area contributed by atoms with Crippen LogP contribution < -0.4 is 0 Å². The lowest BCUT2D eigenvalue weighted by Crippen LogP contribution is -1.72. The van der Waals surface area contributed by atoms with Crippen LogP contribution in [-0.2, 0) is 0 Å². The fourth-order valence-electron chi connectivity index (χ4n) is 0.727. The summed E-state index contributed by atoms with van der Waals surface area (Å²) in [5.41, 5.74) is 1.30. The molecule has 0 N–H and O–H groups in total.